The van der Waals surface area contributed by atoms with Gasteiger partial charge in [0.25, 0.3) is 5.91 Å². The molecule has 1 aliphatic rings. The Morgan fingerprint density at radius 2 is 2.33 bits per heavy atom. The van der Waals surface area contributed by atoms with E-state index >= 15 is 0 Å². The molecule has 1 saturated carbocycles. The number of amides is 1. The van der Waals surface area contributed by atoms with Crippen molar-refractivity contribution in [2.45, 2.75) is 31.9 Å². The van der Waals surface area contributed by atoms with Gasteiger partial charge in [0, 0.05) is 6.04 Å². The highest BCUT2D eigenvalue weighted by Gasteiger charge is 2.23. The van der Waals surface area contributed by atoms with Gasteiger partial charge in [-0.2, -0.15) is 0 Å². The fourth-order valence-electron chi connectivity index (χ4n) is 1.53. The summed E-state index contributed by atoms with van der Waals surface area (Å²) in [7, 11) is 0. The van der Waals surface area contributed by atoms with Crippen LogP contribution in [-0.2, 0) is 4.79 Å². The number of nitrogens with one attached hydrogen (secondary N) is 1. The van der Waals surface area contributed by atoms with E-state index in [0.717, 1.165) is 12.8 Å². The van der Waals surface area contributed by atoms with Gasteiger partial charge in [-0.25, -0.2) is 4.39 Å². The number of carbonyl (C=O) groups is 1. The number of halogens is 1. The third kappa shape index (κ3) is 3.43. The zero-order chi connectivity index (χ0) is 13.1. The van der Waals surface area contributed by atoms with Crippen LogP contribution in [0.2, 0.25) is 0 Å². The average Bonchev–Trinajstić information content (AvgIpc) is 3.11. The lowest BCUT2D eigenvalue weighted by atomic mass is 10.1. The van der Waals surface area contributed by atoms with Crippen molar-refractivity contribution in [2.75, 3.05) is 6.61 Å². The van der Waals surface area contributed by atoms with E-state index < -0.39 is 11.9 Å². The Labute approximate surface area is 105 Å². The van der Waals surface area contributed by atoms with Crippen LogP contribution in [0, 0.1) is 5.82 Å². The number of aliphatic hydroxyl groups is 1. The lowest BCUT2D eigenvalue weighted by molar-refractivity contribution is -0.123. The molecule has 1 aromatic carbocycles. The number of hydrogen-bond donors (Lipinski definition) is 2. The summed E-state index contributed by atoms with van der Waals surface area (Å²) in [4.78, 5) is 11.4. The van der Waals surface area contributed by atoms with Crippen molar-refractivity contribution >= 4 is 5.91 Å². The van der Waals surface area contributed by atoms with Crippen molar-refractivity contribution < 1.29 is 19.0 Å². The predicted molar refractivity (Wildman–Crippen MR) is 63.7 cm³/mol. The van der Waals surface area contributed by atoms with Crippen LogP contribution >= 0.6 is 0 Å². The molecule has 0 saturated heterocycles. The third-order valence-corrected chi connectivity index (χ3v) is 2.74. The normalized spacial score (nSPS) is 16.2. The molecule has 1 unspecified atom stereocenters. The van der Waals surface area contributed by atoms with Gasteiger partial charge in [0.15, 0.2) is 18.2 Å². The van der Waals surface area contributed by atoms with Crippen LogP contribution < -0.4 is 10.1 Å². The Bertz CT molecular complexity index is 444. The first-order valence-corrected chi connectivity index (χ1v) is 5.96. The van der Waals surface area contributed by atoms with E-state index in [0.29, 0.717) is 5.56 Å². The van der Waals surface area contributed by atoms with Gasteiger partial charge in [0.2, 0.25) is 0 Å². The Morgan fingerprint density at radius 1 is 1.61 bits per heavy atom. The van der Waals surface area contributed by atoms with E-state index in [1.807, 2.05) is 0 Å². The average molecular weight is 253 g/mol. The Morgan fingerprint density at radius 3 is 2.89 bits per heavy atom. The standard InChI is InChI=1S/C13H16FNO3/c1-8(16)9-2-5-12(11(14)6-9)18-7-13(17)15-10-3-4-10/h2,5-6,8,10,16H,3-4,7H2,1H3,(H,15,17). The Balaban J connectivity index is 1.90. The number of carbonyl (C=O) groups excluding carboxylic acids is 1. The van der Waals surface area contributed by atoms with E-state index in [2.05, 4.69) is 5.32 Å². The summed E-state index contributed by atoms with van der Waals surface area (Å²) in [6.45, 7) is 1.36. The highest BCUT2D eigenvalue weighted by Crippen LogP contribution is 2.22. The van der Waals surface area contributed by atoms with Crippen molar-refractivity contribution in [3.05, 3.63) is 29.6 Å². The minimum absolute atomic E-state index is 0.0188. The van der Waals surface area contributed by atoms with Gasteiger partial charge in [0.05, 0.1) is 6.10 Å². The largest absolute Gasteiger partial charge is 0.481 e. The molecule has 1 atom stereocenters. The molecule has 0 bridgehead atoms. The summed E-state index contributed by atoms with van der Waals surface area (Å²) < 4.78 is 18.7. The molecule has 2 rings (SSSR count). The number of benzene rings is 1. The zero-order valence-corrected chi connectivity index (χ0v) is 10.1. The molecular formula is C13H16FNO3. The van der Waals surface area contributed by atoms with E-state index in [1.54, 1.807) is 13.0 Å². The van der Waals surface area contributed by atoms with E-state index in [1.165, 1.54) is 12.1 Å². The smallest absolute Gasteiger partial charge is 0.258 e. The summed E-state index contributed by atoms with van der Waals surface area (Å²) in [6.07, 6.45) is 1.28. The lowest BCUT2D eigenvalue weighted by Gasteiger charge is -2.10. The van der Waals surface area contributed by atoms with Gasteiger partial charge in [-0.15, -0.1) is 0 Å². The van der Waals surface area contributed by atoms with Gasteiger partial charge in [-0.05, 0) is 37.5 Å². The summed E-state index contributed by atoms with van der Waals surface area (Å²) in [6, 6.07) is 4.46. The fraction of sp³-hybridized carbons (Fsp3) is 0.462. The second-order valence-corrected chi connectivity index (χ2v) is 4.50. The number of hydrogen-bond acceptors (Lipinski definition) is 3. The molecule has 0 heterocycles. The molecule has 18 heavy (non-hydrogen) atoms. The third-order valence-electron chi connectivity index (χ3n) is 2.74. The molecule has 1 aliphatic carbocycles. The predicted octanol–water partition coefficient (Wildman–Crippen LogP) is 1.54. The zero-order valence-electron chi connectivity index (χ0n) is 10.1. The molecule has 0 aliphatic heterocycles. The van der Waals surface area contributed by atoms with Crippen molar-refractivity contribution in [2.24, 2.45) is 0 Å². The topological polar surface area (TPSA) is 58.6 Å². The summed E-state index contributed by atoms with van der Waals surface area (Å²) in [5, 5.41) is 12.0. The number of ether oxygens (including phenoxy) is 1. The minimum atomic E-state index is -0.730. The Kier molecular flexibility index (Phi) is 3.81. The Hall–Kier alpha value is -1.62. The summed E-state index contributed by atoms with van der Waals surface area (Å²) in [5.41, 5.74) is 0.474. The maximum atomic E-state index is 13.6. The van der Waals surface area contributed by atoms with E-state index in [4.69, 9.17) is 4.74 Å². The van der Waals surface area contributed by atoms with Crippen LogP contribution in [0.1, 0.15) is 31.4 Å². The molecule has 4 nitrogen and oxygen atoms in total. The van der Waals surface area contributed by atoms with Crippen LogP contribution in [0.3, 0.4) is 0 Å². The fourth-order valence-corrected chi connectivity index (χ4v) is 1.53. The molecule has 5 heteroatoms. The first-order valence-electron chi connectivity index (χ1n) is 5.96. The molecule has 1 fully saturated rings. The van der Waals surface area contributed by atoms with Crippen molar-refractivity contribution in [1.29, 1.82) is 0 Å². The van der Waals surface area contributed by atoms with E-state index in [9.17, 15) is 14.3 Å². The first-order chi connectivity index (χ1) is 8.56. The van der Waals surface area contributed by atoms with Crippen LogP contribution in [0.5, 0.6) is 5.75 Å². The molecule has 1 aromatic rings. The van der Waals surface area contributed by atoms with Crippen LogP contribution in [0.25, 0.3) is 0 Å². The molecule has 2 N–H and O–H groups in total. The molecule has 98 valence electrons. The monoisotopic (exact) mass is 253 g/mol. The van der Waals surface area contributed by atoms with Gasteiger partial charge < -0.3 is 15.2 Å². The SMILES string of the molecule is CC(O)c1ccc(OCC(=O)NC2CC2)c(F)c1. The summed E-state index contributed by atoms with van der Waals surface area (Å²) in [5.74, 6) is -0.797. The second kappa shape index (κ2) is 5.35. The van der Waals surface area contributed by atoms with Crippen LogP contribution in [0.15, 0.2) is 18.2 Å². The minimum Gasteiger partial charge on any atom is -0.481 e. The molecular weight excluding hydrogens is 237 g/mol. The van der Waals surface area contributed by atoms with Crippen molar-refractivity contribution in [1.82, 2.24) is 5.32 Å². The van der Waals surface area contributed by atoms with Gasteiger partial charge in [0.1, 0.15) is 0 Å². The van der Waals surface area contributed by atoms with Gasteiger partial charge >= 0.3 is 0 Å². The number of rotatable bonds is 5. The highest BCUT2D eigenvalue weighted by atomic mass is 19.1. The number of aliphatic hydroxyl groups excluding tert-OH is 1. The van der Waals surface area contributed by atoms with Crippen LogP contribution in [0.4, 0.5) is 4.39 Å². The van der Waals surface area contributed by atoms with Crippen LogP contribution in [-0.4, -0.2) is 23.7 Å². The second-order valence-electron chi connectivity index (χ2n) is 4.50. The van der Waals surface area contributed by atoms with Gasteiger partial charge in [-0.3, -0.25) is 4.79 Å². The molecule has 0 spiro atoms. The van der Waals surface area contributed by atoms with Crippen molar-refractivity contribution in [3.63, 3.8) is 0 Å². The van der Waals surface area contributed by atoms with E-state index in [-0.39, 0.29) is 24.3 Å². The van der Waals surface area contributed by atoms with Crippen molar-refractivity contribution in [3.8, 4) is 5.75 Å². The maximum Gasteiger partial charge on any atom is 0.258 e. The quantitative estimate of drug-likeness (QED) is 0.836. The molecule has 0 aromatic heterocycles. The highest BCUT2D eigenvalue weighted by molar-refractivity contribution is 5.78. The molecule has 1 amide bonds. The summed E-state index contributed by atoms with van der Waals surface area (Å²) >= 11 is 0. The molecule has 0 radical (unpaired) electrons. The van der Waals surface area contributed by atoms with Gasteiger partial charge in [-0.1, -0.05) is 6.07 Å². The lowest BCUT2D eigenvalue weighted by Crippen LogP contribution is -2.30. The first kappa shape index (κ1) is 12.8. The maximum absolute atomic E-state index is 13.6.